The molecule has 154 valence electrons. The highest BCUT2D eigenvalue weighted by molar-refractivity contribution is 6.07. The predicted octanol–water partition coefficient (Wildman–Crippen LogP) is 5.44. The molecule has 3 rings (SSSR count). The number of para-hydroxylation sites is 1. The molecule has 3 aromatic rings. The molecule has 0 aliphatic heterocycles. The molecule has 0 aromatic heterocycles. The van der Waals surface area contributed by atoms with Gasteiger partial charge in [0.2, 0.25) is 0 Å². The topological polar surface area (TPSA) is 81.5 Å². The van der Waals surface area contributed by atoms with E-state index < -0.39 is 28.3 Å². The molecule has 6 nitrogen and oxygen atoms in total. The lowest BCUT2D eigenvalue weighted by atomic mass is 10.1. The van der Waals surface area contributed by atoms with Gasteiger partial charge in [0, 0.05) is 6.07 Å². The number of nitro groups is 1. The lowest BCUT2D eigenvalue weighted by Gasteiger charge is -2.15. The molecule has 1 amide bonds. The molecule has 0 heterocycles. The van der Waals surface area contributed by atoms with E-state index in [4.69, 9.17) is 4.74 Å². The van der Waals surface area contributed by atoms with Crippen molar-refractivity contribution in [2.45, 2.75) is 12.8 Å². The number of nitrogens with one attached hydrogen (secondary N) is 1. The number of benzene rings is 3. The molecule has 0 bridgehead atoms. The van der Waals surface area contributed by atoms with E-state index in [1.165, 1.54) is 18.2 Å². The van der Waals surface area contributed by atoms with Crippen LogP contribution in [0.2, 0.25) is 0 Å². The van der Waals surface area contributed by atoms with Crippen LogP contribution in [0.3, 0.4) is 0 Å². The molecule has 0 spiro atoms. The zero-order valence-corrected chi connectivity index (χ0v) is 15.3. The van der Waals surface area contributed by atoms with Crippen LogP contribution in [0.4, 0.5) is 24.5 Å². The van der Waals surface area contributed by atoms with Crippen molar-refractivity contribution in [1.29, 1.82) is 0 Å². The summed E-state index contributed by atoms with van der Waals surface area (Å²) in [5.74, 6) is -0.926. The molecule has 0 saturated carbocycles. The zero-order valence-electron chi connectivity index (χ0n) is 15.3. The fourth-order valence-corrected chi connectivity index (χ4v) is 2.68. The summed E-state index contributed by atoms with van der Waals surface area (Å²) in [4.78, 5) is 23.0. The molecule has 30 heavy (non-hydrogen) atoms. The van der Waals surface area contributed by atoms with Gasteiger partial charge in [-0.2, -0.15) is 13.2 Å². The van der Waals surface area contributed by atoms with Gasteiger partial charge in [-0.05, 0) is 29.8 Å². The summed E-state index contributed by atoms with van der Waals surface area (Å²) in [6.07, 6.45) is -4.64. The van der Waals surface area contributed by atoms with Crippen LogP contribution in [0, 0.1) is 10.1 Å². The maximum absolute atomic E-state index is 13.1. The van der Waals surface area contributed by atoms with Crippen LogP contribution in [0.5, 0.6) is 5.75 Å². The fourth-order valence-electron chi connectivity index (χ4n) is 2.68. The number of hydrogen-bond acceptors (Lipinski definition) is 4. The Kier molecular flexibility index (Phi) is 6.01. The van der Waals surface area contributed by atoms with Gasteiger partial charge < -0.3 is 10.1 Å². The van der Waals surface area contributed by atoms with Crippen molar-refractivity contribution in [3.63, 3.8) is 0 Å². The maximum atomic E-state index is 13.1. The van der Waals surface area contributed by atoms with Gasteiger partial charge in [0.1, 0.15) is 17.9 Å². The van der Waals surface area contributed by atoms with E-state index >= 15 is 0 Å². The largest absolute Gasteiger partial charge is 0.487 e. The van der Waals surface area contributed by atoms with E-state index in [1.807, 2.05) is 0 Å². The second-order valence-electron chi connectivity index (χ2n) is 6.21. The Hall–Kier alpha value is -3.88. The summed E-state index contributed by atoms with van der Waals surface area (Å²) >= 11 is 0. The SMILES string of the molecule is O=C(Nc1cc(C(F)(F)F)ccc1OCc1ccccc1)c1ccccc1[N+](=O)[O-]. The summed E-state index contributed by atoms with van der Waals surface area (Å²) in [5, 5.41) is 13.4. The van der Waals surface area contributed by atoms with Crippen molar-refractivity contribution in [2.24, 2.45) is 0 Å². The smallest absolute Gasteiger partial charge is 0.416 e. The first-order valence-electron chi connectivity index (χ1n) is 8.68. The number of alkyl halides is 3. The number of rotatable bonds is 6. The lowest BCUT2D eigenvalue weighted by molar-refractivity contribution is -0.385. The highest BCUT2D eigenvalue weighted by Gasteiger charge is 2.31. The van der Waals surface area contributed by atoms with Gasteiger partial charge in [-0.3, -0.25) is 14.9 Å². The molecule has 1 N–H and O–H groups in total. The Morgan fingerprint density at radius 3 is 2.33 bits per heavy atom. The van der Waals surface area contributed by atoms with E-state index in [-0.39, 0.29) is 23.6 Å². The first-order valence-corrected chi connectivity index (χ1v) is 8.68. The summed E-state index contributed by atoms with van der Waals surface area (Å²) in [6.45, 7) is 0.0561. The molecule has 0 aliphatic carbocycles. The average molecular weight is 416 g/mol. The Morgan fingerprint density at radius 1 is 1.00 bits per heavy atom. The van der Waals surface area contributed by atoms with Gasteiger partial charge in [0.15, 0.2) is 0 Å². The number of nitro benzene ring substituents is 1. The highest BCUT2D eigenvalue weighted by atomic mass is 19.4. The Balaban J connectivity index is 1.92. The van der Waals surface area contributed by atoms with Gasteiger partial charge in [0.05, 0.1) is 16.2 Å². The molecule has 0 fully saturated rings. The number of anilines is 1. The van der Waals surface area contributed by atoms with Gasteiger partial charge in [-0.25, -0.2) is 0 Å². The van der Waals surface area contributed by atoms with Gasteiger partial charge >= 0.3 is 6.18 Å². The van der Waals surface area contributed by atoms with Crippen molar-refractivity contribution < 1.29 is 27.6 Å². The molecule has 0 radical (unpaired) electrons. The standard InChI is InChI=1S/C21H15F3N2O4/c22-21(23,24)15-10-11-19(30-13-14-6-2-1-3-7-14)17(12-15)25-20(27)16-8-4-5-9-18(16)26(28)29/h1-12H,13H2,(H,25,27). The van der Waals surface area contributed by atoms with E-state index in [2.05, 4.69) is 5.32 Å². The molecule has 0 saturated heterocycles. The van der Waals surface area contributed by atoms with Crippen LogP contribution < -0.4 is 10.1 Å². The summed E-state index contributed by atoms with van der Waals surface area (Å²) in [6, 6.07) is 16.7. The first-order chi connectivity index (χ1) is 14.3. The summed E-state index contributed by atoms with van der Waals surface area (Å²) in [5.41, 5.74) is -1.22. The van der Waals surface area contributed by atoms with Gasteiger partial charge in [0.25, 0.3) is 11.6 Å². The molecular weight excluding hydrogens is 401 g/mol. The summed E-state index contributed by atoms with van der Waals surface area (Å²) in [7, 11) is 0. The van der Waals surface area contributed by atoms with Crippen molar-refractivity contribution in [2.75, 3.05) is 5.32 Å². The number of halogens is 3. The van der Waals surface area contributed by atoms with E-state index in [0.29, 0.717) is 0 Å². The highest BCUT2D eigenvalue weighted by Crippen LogP contribution is 2.36. The molecule has 0 aliphatic rings. The Morgan fingerprint density at radius 2 is 1.67 bits per heavy atom. The molecule has 9 heteroatoms. The quantitative estimate of drug-likeness (QED) is 0.428. The monoisotopic (exact) mass is 416 g/mol. The minimum Gasteiger partial charge on any atom is -0.487 e. The minimum absolute atomic E-state index is 0.00112. The van der Waals surface area contributed by atoms with Gasteiger partial charge in [-0.1, -0.05) is 42.5 Å². The first kappa shape index (κ1) is 20.8. The molecule has 3 aromatic carbocycles. The van der Waals surface area contributed by atoms with Crippen molar-refractivity contribution in [3.05, 3.63) is 99.6 Å². The van der Waals surface area contributed by atoms with Crippen molar-refractivity contribution in [3.8, 4) is 5.75 Å². The number of carbonyl (C=O) groups is 1. The Bertz CT molecular complexity index is 1070. The number of carbonyl (C=O) groups excluding carboxylic acids is 1. The van der Waals surface area contributed by atoms with E-state index in [9.17, 15) is 28.1 Å². The van der Waals surface area contributed by atoms with E-state index in [0.717, 1.165) is 29.8 Å². The summed E-state index contributed by atoms with van der Waals surface area (Å²) < 4.78 is 45.0. The molecule has 0 atom stereocenters. The van der Waals surface area contributed by atoms with Crippen LogP contribution in [0.25, 0.3) is 0 Å². The third kappa shape index (κ3) is 4.93. The van der Waals surface area contributed by atoms with Crippen LogP contribution in [-0.4, -0.2) is 10.8 Å². The third-order valence-electron chi connectivity index (χ3n) is 4.14. The predicted molar refractivity (Wildman–Crippen MR) is 103 cm³/mol. The average Bonchev–Trinajstić information content (AvgIpc) is 2.72. The fraction of sp³-hybridized carbons (Fsp3) is 0.0952. The minimum atomic E-state index is -4.64. The molecular formula is C21H15F3N2O4. The zero-order chi connectivity index (χ0) is 21.7. The normalized spacial score (nSPS) is 11.0. The number of ether oxygens (including phenoxy) is 1. The van der Waals surface area contributed by atoms with Crippen molar-refractivity contribution >= 4 is 17.3 Å². The number of nitrogens with zero attached hydrogens (tertiary/aromatic N) is 1. The maximum Gasteiger partial charge on any atom is 0.416 e. The second kappa shape index (κ2) is 8.64. The second-order valence-corrected chi connectivity index (χ2v) is 6.21. The van der Waals surface area contributed by atoms with Crippen LogP contribution in [-0.2, 0) is 12.8 Å². The lowest BCUT2D eigenvalue weighted by Crippen LogP contribution is -2.16. The van der Waals surface area contributed by atoms with Crippen molar-refractivity contribution in [1.82, 2.24) is 0 Å². The van der Waals surface area contributed by atoms with Gasteiger partial charge in [-0.15, -0.1) is 0 Å². The van der Waals surface area contributed by atoms with E-state index in [1.54, 1.807) is 30.3 Å². The number of hydrogen-bond donors (Lipinski definition) is 1. The number of amides is 1. The van der Waals surface area contributed by atoms with Crippen LogP contribution in [0.15, 0.2) is 72.8 Å². The van der Waals surface area contributed by atoms with Crippen LogP contribution in [0.1, 0.15) is 21.5 Å². The molecule has 0 unspecified atom stereocenters. The third-order valence-corrected chi connectivity index (χ3v) is 4.14. The Labute approximate surface area is 169 Å². The van der Waals surface area contributed by atoms with Crippen LogP contribution >= 0.6 is 0 Å².